The molecule has 0 saturated carbocycles. The van der Waals surface area contributed by atoms with E-state index in [9.17, 15) is 19.3 Å². The third-order valence-electron chi connectivity index (χ3n) is 2.95. The molecule has 0 atom stereocenters. The smallest absolute Gasteiger partial charge is 0.337 e. The van der Waals surface area contributed by atoms with Gasteiger partial charge >= 0.3 is 5.97 Å². The third kappa shape index (κ3) is 3.38. The summed E-state index contributed by atoms with van der Waals surface area (Å²) in [6, 6.07) is 9.57. The number of ether oxygens (including phenoxy) is 2. The average molecular weight is 305 g/mol. The number of carbonyl (C=O) groups excluding carboxylic acids is 1. The summed E-state index contributed by atoms with van der Waals surface area (Å²) in [7, 11) is 1.27. The van der Waals surface area contributed by atoms with Crippen molar-refractivity contribution in [2.75, 3.05) is 7.11 Å². The van der Waals surface area contributed by atoms with Crippen LogP contribution in [0.2, 0.25) is 0 Å². The standard InChI is InChI=1S/C15H12FNO5/c1-21-15(18)10-5-7-11(8-6-10)22-9-12-13(16)3-2-4-14(12)17(19)20/h2-8H,9H2,1H3. The lowest BCUT2D eigenvalue weighted by molar-refractivity contribution is -0.386. The third-order valence-corrected chi connectivity index (χ3v) is 2.95. The van der Waals surface area contributed by atoms with Crippen molar-refractivity contribution in [2.24, 2.45) is 0 Å². The number of hydrogen-bond acceptors (Lipinski definition) is 5. The number of benzene rings is 2. The molecule has 114 valence electrons. The molecule has 0 saturated heterocycles. The summed E-state index contributed by atoms with van der Waals surface area (Å²) in [5.41, 5.74) is -0.137. The van der Waals surface area contributed by atoms with Crippen molar-refractivity contribution in [2.45, 2.75) is 6.61 Å². The van der Waals surface area contributed by atoms with Gasteiger partial charge in [0.15, 0.2) is 0 Å². The predicted octanol–water partition coefficient (Wildman–Crippen LogP) is 3.10. The number of nitro groups is 1. The SMILES string of the molecule is COC(=O)c1ccc(OCc2c(F)cccc2[N+](=O)[O-])cc1. The molecule has 0 aliphatic carbocycles. The van der Waals surface area contributed by atoms with Crippen LogP contribution in [0.5, 0.6) is 5.75 Å². The van der Waals surface area contributed by atoms with Crippen molar-refractivity contribution in [3.05, 3.63) is 69.5 Å². The van der Waals surface area contributed by atoms with E-state index in [1.807, 2.05) is 0 Å². The maximum absolute atomic E-state index is 13.7. The zero-order valence-corrected chi connectivity index (χ0v) is 11.6. The van der Waals surface area contributed by atoms with Crippen LogP contribution < -0.4 is 4.74 Å². The van der Waals surface area contributed by atoms with Crippen molar-refractivity contribution in [1.82, 2.24) is 0 Å². The fourth-order valence-corrected chi connectivity index (χ4v) is 1.82. The summed E-state index contributed by atoms with van der Waals surface area (Å²) in [6.45, 7) is -0.291. The first-order valence-electron chi connectivity index (χ1n) is 6.26. The Morgan fingerprint density at radius 3 is 2.50 bits per heavy atom. The van der Waals surface area contributed by atoms with E-state index in [1.54, 1.807) is 0 Å². The van der Waals surface area contributed by atoms with Gasteiger partial charge in [0.1, 0.15) is 23.7 Å². The molecule has 0 aromatic heterocycles. The Labute approximate surface area is 125 Å². The second-order valence-electron chi connectivity index (χ2n) is 4.30. The van der Waals surface area contributed by atoms with Gasteiger partial charge in [0, 0.05) is 6.07 Å². The number of esters is 1. The number of carbonyl (C=O) groups is 1. The molecule has 6 nitrogen and oxygen atoms in total. The molecule has 0 radical (unpaired) electrons. The summed E-state index contributed by atoms with van der Waals surface area (Å²) in [6.07, 6.45) is 0. The molecular weight excluding hydrogens is 293 g/mol. The van der Waals surface area contributed by atoms with Crippen LogP contribution in [0.15, 0.2) is 42.5 Å². The summed E-state index contributed by atoms with van der Waals surface area (Å²) in [5.74, 6) is -0.845. The lowest BCUT2D eigenvalue weighted by Crippen LogP contribution is -2.04. The lowest BCUT2D eigenvalue weighted by atomic mass is 10.2. The first-order valence-corrected chi connectivity index (χ1v) is 6.26. The summed E-state index contributed by atoms with van der Waals surface area (Å²) < 4.78 is 23.6. The van der Waals surface area contributed by atoms with E-state index in [2.05, 4.69) is 4.74 Å². The highest BCUT2D eigenvalue weighted by Crippen LogP contribution is 2.23. The van der Waals surface area contributed by atoms with Crippen LogP contribution in [0, 0.1) is 15.9 Å². The van der Waals surface area contributed by atoms with E-state index in [0.717, 1.165) is 6.07 Å². The first kappa shape index (κ1) is 15.4. The molecule has 0 N–H and O–H groups in total. The fourth-order valence-electron chi connectivity index (χ4n) is 1.82. The maximum Gasteiger partial charge on any atom is 0.337 e. The molecule has 2 rings (SSSR count). The molecular formula is C15H12FNO5. The van der Waals surface area contributed by atoms with Crippen LogP contribution in [0.25, 0.3) is 0 Å². The minimum Gasteiger partial charge on any atom is -0.489 e. The molecule has 0 aliphatic rings. The van der Waals surface area contributed by atoms with Gasteiger partial charge < -0.3 is 9.47 Å². The number of nitrogens with zero attached hydrogens (tertiary/aromatic N) is 1. The van der Waals surface area contributed by atoms with Crippen molar-refractivity contribution < 1.29 is 23.6 Å². The molecule has 0 unspecified atom stereocenters. The molecule has 0 heterocycles. The highest BCUT2D eigenvalue weighted by atomic mass is 19.1. The minimum absolute atomic E-state index is 0.135. The Balaban J connectivity index is 2.14. The van der Waals surface area contributed by atoms with Crippen molar-refractivity contribution in [1.29, 1.82) is 0 Å². The van der Waals surface area contributed by atoms with Gasteiger partial charge in [-0.25, -0.2) is 9.18 Å². The van der Waals surface area contributed by atoms with E-state index >= 15 is 0 Å². The zero-order chi connectivity index (χ0) is 16.1. The molecule has 7 heteroatoms. The van der Waals surface area contributed by atoms with E-state index in [1.165, 1.54) is 43.5 Å². The van der Waals surface area contributed by atoms with Crippen LogP contribution in [-0.2, 0) is 11.3 Å². The van der Waals surface area contributed by atoms with E-state index in [4.69, 9.17) is 4.74 Å². The molecule has 0 spiro atoms. The van der Waals surface area contributed by atoms with Crippen LogP contribution in [-0.4, -0.2) is 18.0 Å². The number of hydrogen-bond donors (Lipinski definition) is 0. The zero-order valence-electron chi connectivity index (χ0n) is 11.6. The van der Waals surface area contributed by atoms with Gasteiger partial charge in [-0.2, -0.15) is 0 Å². The summed E-state index contributed by atoms with van der Waals surface area (Å²) in [4.78, 5) is 21.5. The Bertz CT molecular complexity index is 700. The normalized spacial score (nSPS) is 10.1. The molecule has 0 bridgehead atoms. The molecule has 0 amide bonds. The Morgan fingerprint density at radius 1 is 1.23 bits per heavy atom. The molecule has 2 aromatic rings. The number of rotatable bonds is 5. The van der Waals surface area contributed by atoms with Crippen LogP contribution >= 0.6 is 0 Å². The van der Waals surface area contributed by atoms with Gasteiger partial charge in [0.25, 0.3) is 5.69 Å². The number of halogens is 1. The van der Waals surface area contributed by atoms with Gasteiger partial charge in [0.2, 0.25) is 0 Å². The monoisotopic (exact) mass is 305 g/mol. The number of nitro benzene ring substituents is 1. The van der Waals surface area contributed by atoms with Crippen molar-refractivity contribution in [3.8, 4) is 5.75 Å². The topological polar surface area (TPSA) is 78.7 Å². The van der Waals surface area contributed by atoms with Gasteiger partial charge in [-0.15, -0.1) is 0 Å². The Hall–Kier alpha value is -2.96. The predicted molar refractivity (Wildman–Crippen MR) is 75.2 cm³/mol. The summed E-state index contributed by atoms with van der Waals surface area (Å²) >= 11 is 0. The summed E-state index contributed by atoms with van der Waals surface area (Å²) in [5, 5.41) is 10.9. The van der Waals surface area contributed by atoms with Crippen LogP contribution in [0.1, 0.15) is 15.9 Å². The first-order chi connectivity index (χ1) is 10.5. The van der Waals surface area contributed by atoms with Gasteiger partial charge in [0.05, 0.1) is 17.6 Å². The Morgan fingerprint density at radius 2 is 1.91 bits per heavy atom. The van der Waals surface area contributed by atoms with Crippen molar-refractivity contribution >= 4 is 11.7 Å². The van der Waals surface area contributed by atoms with Crippen LogP contribution in [0.4, 0.5) is 10.1 Å². The average Bonchev–Trinajstić information content (AvgIpc) is 2.53. The largest absolute Gasteiger partial charge is 0.489 e. The Kier molecular flexibility index (Phi) is 4.67. The number of methoxy groups -OCH3 is 1. The van der Waals surface area contributed by atoms with Crippen LogP contribution in [0.3, 0.4) is 0 Å². The van der Waals surface area contributed by atoms with E-state index in [-0.39, 0.29) is 17.9 Å². The van der Waals surface area contributed by atoms with E-state index < -0.39 is 16.7 Å². The van der Waals surface area contributed by atoms with Gasteiger partial charge in [-0.3, -0.25) is 10.1 Å². The van der Waals surface area contributed by atoms with Gasteiger partial charge in [-0.1, -0.05) is 6.07 Å². The second kappa shape index (κ2) is 6.66. The maximum atomic E-state index is 13.7. The van der Waals surface area contributed by atoms with Gasteiger partial charge in [-0.05, 0) is 30.3 Å². The fraction of sp³-hybridized carbons (Fsp3) is 0.133. The molecule has 0 fully saturated rings. The lowest BCUT2D eigenvalue weighted by Gasteiger charge is -2.08. The van der Waals surface area contributed by atoms with E-state index in [0.29, 0.717) is 11.3 Å². The molecule has 2 aromatic carbocycles. The minimum atomic E-state index is -0.708. The highest BCUT2D eigenvalue weighted by Gasteiger charge is 2.18. The highest BCUT2D eigenvalue weighted by molar-refractivity contribution is 5.89. The molecule has 0 aliphatic heterocycles. The molecule has 22 heavy (non-hydrogen) atoms. The second-order valence-corrected chi connectivity index (χ2v) is 4.30. The quantitative estimate of drug-likeness (QED) is 0.482. The van der Waals surface area contributed by atoms with Crippen molar-refractivity contribution in [3.63, 3.8) is 0 Å².